The van der Waals surface area contributed by atoms with Gasteiger partial charge in [0.1, 0.15) is 0 Å². The van der Waals surface area contributed by atoms with E-state index in [0.29, 0.717) is 17.1 Å². The molecule has 4 aromatic rings. The predicted octanol–water partition coefficient (Wildman–Crippen LogP) is 3.39. The molecular formula is C20H15FN6O. The minimum atomic E-state index is -0.544. The molecule has 8 heteroatoms. The van der Waals surface area contributed by atoms with Crippen LogP contribution in [0.25, 0.3) is 33.5 Å². The second-order valence-electron chi connectivity index (χ2n) is 5.87. The van der Waals surface area contributed by atoms with Crippen molar-refractivity contribution < 1.29 is 9.13 Å². The number of pyridine rings is 3. The third-order valence-electron chi connectivity index (χ3n) is 4.17. The standard InChI is InChI=1S/C20H15FN6O/c1-28-17-5-3-13(9-25-17)18-15(12-2-4-16(21)24-8-12)6-7-23-19(18)14-10-26-20(22)27-11-14/h2-11H,1H3,(H2,22,26,27). The van der Waals surface area contributed by atoms with Gasteiger partial charge in [-0.2, -0.15) is 4.39 Å². The van der Waals surface area contributed by atoms with Gasteiger partial charge in [-0.3, -0.25) is 4.98 Å². The first kappa shape index (κ1) is 17.5. The van der Waals surface area contributed by atoms with Crippen molar-refractivity contribution >= 4 is 5.95 Å². The molecule has 0 radical (unpaired) electrons. The van der Waals surface area contributed by atoms with Crippen LogP contribution in [0.2, 0.25) is 0 Å². The molecule has 0 aliphatic heterocycles. The Morgan fingerprint density at radius 2 is 1.50 bits per heavy atom. The number of nitrogens with two attached hydrogens (primary N) is 1. The summed E-state index contributed by atoms with van der Waals surface area (Å²) in [6.07, 6.45) is 8.06. The molecule has 0 aliphatic carbocycles. The number of rotatable bonds is 4. The van der Waals surface area contributed by atoms with Gasteiger partial charge < -0.3 is 10.5 Å². The van der Waals surface area contributed by atoms with Gasteiger partial charge in [0.05, 0.1) is 12.8 Å². The third-order valence-corrected chi connectivity index (χ3v) is 4.17. The van der Waals surface area contributed by atoms with Crippen molar-refractivity contribution in [2.24, 2.45) is 0 Å². The molecule has 0 bridgehead atoms. The van der Waals surface area contributed by atoms with Gasteiger partial charge in [0.15, 0.2) is 0 Å². The Hall–Kier alpha value is -3.94. The van der Waals surface area contributed by atoms with Crippen molar-refractivity contribution in [3.63, 3.8) is 0 Å². The van der Waals surface area contributed by atoms with E-state index in [9.17, 15) is 4.39 Å². The highest BCUT2D eigenvalue weighted by atomic mass is 19.1. The van der Waals surface area contributed by atoms with Crippen molar-refractivity contribution in [1.82, 2.24) is 24.9 Å². The van der Waals surface area contributed by atoms with Gasteiger partial charge >= 0.3 is 0 Å². The number of halogens is 1. The van der Waals surface area contributed by atoms with Gasteiger partial charge in [-0.1, -0.05) is 0 Å². The van der Waals surface area contributed by atoms with E-state index in [2.05, 4.69) is 24.9 Å². The van der Waals surface area contributed by atoms with Crippen molar-refractivity contribution in [2.45, 2.75) is 0 Å². The van der Waals surface area contributed by atoms with Gasteiger partial charge in [0.2, 0.25) is 17.8 Å². The molecule has 7 nitrogen and oxygen atoms in total. The van der Waals surface area contributed by atoms with Crippen LogP contribution in [0.15, 0.2) is 61.3 Å². The molecule has 0 fully saturated rings. The van der Waals surface area contributed by atoms with Gasteiger partial charge in [0, 0.05) is 59.3 Å². The molecule has 0 aromatic carbocycles. The fourth-order valence-corrected chi connectivity index (χ4v) is 2.86. The number of hydrogen-bond acceptors (Lipinski definition) is 7. The number of ether oxygens (including phenoxy) is 1. The van der Waals surface area contributed by atoms with Gasteiger partial charge in [0.25, 0.3) is 0 Å². The van der Waals surface area contributed by atoms with Crippen LogP contribution in [-0.4, -0.2) is 32.0 Å². The van der Waals surface area contributed by atoms with Crippen molar-refractivity contribution in [2.75, 3.05) is 12.8 Å². The number of hydrogen-bond donors (Lipinski definition) is 1. The van der Waals surface area contributed by atoms with Crippen molar-refractivity contribution in [3.05, 3.63) is 67.3 Å². The zero-order valence-electron chi connectivity index (χ0n) is 14.9. The maximum atomic E-state index is 13.3. The van der Waals surface area contributed by atoms with Gasteiger partial charge in [-0.25, -0.2) is 19.9 Å². The molecule has 28 heavy (non-hydrogen) atoms. The topological polar surface area (TPSA) is 99.7 Å². The Kier molecular flexibility index (Phi) is 4.59. The van der Waals surface area contributed by atoms with E-state index in [1.807, 2.05) is 12.1 Å². The minimum Gasteiger partial charge on any atom is -0.481 e. The molecule has 0 unspecified atom stereocenters. The monoisotopic (exact) mass is 374 g/mol. The highest BCUT2D eigenvalue weighted by Crippen LogP contribution is 2.38. The second kappa shape index (κ2) is 7.36. The molecule has 0 saturated heterocycles. The van der Waals surface area contributed by atoms with Crippen LogP contribution in [0.1, 0.15) is 0 Å². The molecule has 0 aliphatic rings. The maximum Gasteiger partial charge on any atom is 0.219 e. The first-order valence-corrected chi connectivity index (χ1v) is 8.35. The van der Waals surface area contributed by atoms with E-state index < -0.39 is 5.95 Å². The highest BCUT2D eigenvalue weighted by Gasteiger charge is 2.17. The van der Waals surface area contributed by atoms with Crippen molar-refractivity contribution in [1.29, 1.82) is 0 Å². The van der Waals surface area contributed by atoms with Crippen LogP contribution in [0.4, 0.5) is 10.3 Å². The normalized spacial score (nSPS) is 10.6. The average Bonchev–Trinajstić information content (AvgIpc) is 2.74. The molecule has 4 aromatic heterocycles. The summed E-state index contributed by atoms with van der Waals surface area (Å²) in [7, 11) is 1.55. The Bertz CT molecular complexity index is 1040. The molecule has 0 atom stereocenters. The van der Waals surface area contributed by atoms with Crippen LogP contribution < -0.4 is 10.5 Å². The molecular weight excluding hydrogens is 359 g/mol. The fraction of sp³-hybridized carbons (Fsp3) is 0.0500. The van der Waals surface area contributed by atoms with E-state index in [-0.39, 0.29) is 5.95 Å². The molecule has 4 heterocycles. The molecule has 0 amide bonds. The first-order chi connectivity index (χ1) is 13.7. The Balaban J connectivity index is 1.96. The number of nitrogen functional groups attached to an aromatic ring is 1. The van der Waals surface area contributed by atoms with Crippen LogP contribution >= 0.6 is 0 Å². The quantitative estimate of drug-likeness (QED) is 0.547. The van der Waals surface area contributed by atoms with Crippen molar-refractivity contribution in [3.8, 4) is 39.4 Å². The smallest absolute Gasteiger partial charge is 0.219 e. The van der Waals surface area contributed by atoms with Gasteiger partial charge in [-0.15, -0.1) is 0 Å². The first-order valence-electron chi connectivity index (χ1n) is 8.35. The highest BCUT2D eigenvalue weighted by molar-refractivity contribution is 5.92. The summed E-state index contributed by atoms with van der Waals surface area (Å²) in [5.74, 6) is 0.128. The predicted molar refractivity (Wildman–Crippen MR) is 103 cm³/mol. The molecule has 138 valence electrons. The molecule has 0 saturated carbocycles. The lowest BCUT2D eigenvalue weighted by Crippen LogP contribution is -1.98. The lowest BCUT2D eigenvalue weighted by atomic mass is 9.93. The summed E-state index contributed by atoms with van der Waals surface area (Å²) in [6.45, 7) is 0. The SMILES string of the molecule is COc1ccc(-c2c(-c3ccc(F)nc3)ccnc2-c2cnc(N)nc2)cn1. The Morgan fingerprint density at radius 3 is 2.14 bits per heavy atom. The van der Waals surface area contributed by atoms with E-state index in [1.54, 1.807) is 44.0 Å². The van der Waals surface area contributed by atoms with E-state index in [1.165, 1.54) is 12.3 Å². The zero-order valence-corrected chi connectivity index (χ0v) is 14.9. The maximum absolute atomic E-state index is 13.3. The summed E-state index contributed by atoms with van der Waals surface area (Å²) in [6, 6.07) is 8.47. The van der Waals surface area contributed by atoms with E-state index in [0.717, 1.165) is 22.3 Å². The van der Waals surface area contributed by atoms with Crippen LogP contribution in [0, 0.1) is 5.95 Å². The molecule has 4 rings (SSSR count). The Labute approximate surface area is 160 Å². The van der Waals surface area contributed by atoms with E-state index >= 15 is 0 Å². The number of nitrogens with zero attached hydrogens (tertiary/aromatic N) is 5. The van der Waals surface area contributed by atoms with Crippen LogP contribution in [-0.2, 0) is 0 Å². The molecule has 2 N–H and O–H groups in total. The summed E-state index contributed by atoms with van der Waals surface area (Å²) >= 11 is 0. The Morgan fingerprint density at radius 1 is 0.786 bits per heavy atom. The molecule has 0 spiro atoms. The lowest BCUT2D eigenvalue weighted by molar-refractivity contribution is 0.398. The van der Waals surface area contributed by atoms with E-state index in [4.69, 9.17) is 10.5 Å². The van der Waals surface area contributed by atoms with Crippen LogP contribution in [0.5, 0.6) is 5.88 Å². The average molecular weight is 374 g/mol. The second-order valence-corrected chi connectivity index (χ2v) is 5.87. The third kappa shape index (κ3) is 3.35. The van der Waals surface area contributed by atoms with Crippen LogP contribution in [0.3, 0.4) is 0 Å². The summed E-state index contributed by atoms with van der Waals surface area (Å²) < 4.78 is 18.5. The largest absolute Gasteiger partial charge is 0.481 e. The minimum absolute atomic E-state index is 0.176. The fourth-order valence-electron chi connectivity index (χ4n) is 2.86. The zero-order chi connectivity index (χ0) is 19.5. The summed E-state index contributed by atoms with van der Waals surface area (Å²) in [5.41, 5.74) is 10.1. The number of aromatic nitrogens is 5. The lowest BCUT2D eigenvalue weighted by Gasteiger charge is -2.14. The van der Waals surface area contributed by atoms with Gasteiger partial charge in [-0.05, 0) is 29.8 Å². The summed E-state index contributed by atoms with van der Waals surface area (Å²) in [4.78, 5) is 20.7. The number of anilines is 1. The summed E-state index contributed by atoms with van der Waals surface area (Å²) in [5, 5.41) is 0. The number of methoxy groups -OCH3 is 1.